The van der Waals surface area contributed by atoms with Crippen LogP contribution < -0.4 is 9.64 Å². The summed E-state index contributed by atoms with van der Waals surface area (Å²) in [6, 6.07) is 6.89. The van der Waals surface area contributed by atoms with Crippen LogP contribution in [0.4, 0.5) is 5.69 Å². The molecule has 0 saturated carbocycles. The molecule has 0 aromatic heterocycles. The molecule has 2 rings (SSSR count). The average Bonchev–Trinajstić information content (AvgIpc) is 2.72. The van der Waals surface area contributed by atoms with Gasteiger partial charge in [0, 0.05) is 24.7 Å². The molecule has 1 aliphatic heterocycles. The molecule has 0 radical (unpaired) electrons. The Morgan fingerprint density at radius 3 is 2.94 bits per heavy atom. The lowest BCUT2D eigenvalue weighted by molar-refractivity contribution is -0.141. The molecule has 18 heavy (non-hydrogen) atoms. The van der Waals surface area contributed by atoms with Gasteiger partial charge in [-0.15, -0.1) is 0 Å². The molecule has 0 bridgehead atoms. The van der Waals surface area contributed by atoms with E-state index in [1.165, 1.54) is 4.90 Å². The second-order valence-electron chi connectivity index (χ2n) is 3.99. The Hall–Kier alpha value is -1.75. The van der Waals surface area contributed by atoms with Crippen molar-refractivity contribution in [1.29, 1.82) is 0 Å². The van der Waals surface area contributed by atoms with E-state index in [2.05, 4.69) is 0 Å². The third-order valence-electron chi connectivity index (χ3n) is 2.82. The first kappa shape index (κ1) is 12.7. The Labute approximate surface area is 109 Å². The van der Waals surface area contributed by atoms with Crippen molar-refractivity contribution in [3.8, 4) is 5.75 Å². The highest BCUT2D eigenvalue weighted by Gasteiger charge is 2.35. The summed E-state index contributed by atoms with van der Waals surface area (Å²) in [6.45, 7) is 0.193. The number of amides is 1. The molecular formula is C12H12ClNO4. The van der Waals surface area contributed by atoms with E-state index in [1.54, 1.807) is 24.3 Å². The number of hydrogen-bond donors (Lipinski definition) is 1. The summed E-state index contributed by atoms with van der Waals surface area (Å²) in [7, 11) is 0. The molecule has 1 aromatic carbocycles. The highest BCUT2D eigenvalue weighted by atomic mass is 35.5. The molecule has 1 heterocycles. The van der Waals surface area contributed by atoms with Gasteiger partial charge in [0.05, 0.1) is 5.92 Å². The van der Waals surface area contributed by atoms with Crippen LogP contribution in [0.15, 0.2) is 24.3 Å². The van der Waals surface area contributed by atoms with Gasteiger partial charge >= 0.3 is 5.97 Å². The molecule has 0 spiro atoms. The monoisotopic (exact) mass is 269 g/mol. The number of ether oxygens (including phenoxy) is 1. The van der Waals surface area contributed by atoms with Crippen molar-refractivity contribution >= 4 is 29.2 Å². The summed E-state index contributed by atoms with van der Waals surface area (Å²) in [5, 5.41) is 8.91. The summed E-state index contributed by atoms with van der Waals surface area (Å²) in [5.74, 6) is -1.23. The van der Waals surface area contributed by atoms with E-state index in [-0.39, 0.29) is 24.9 Å². The molecule has 1 amide bonds. The fourth-order valence-electron chi connectivity index (χ4n) is 1.93. The van der Waals surface area contributed by atoms with Crippen molar-refractivity contribution in [1.82, 2.24) is 0 Å². The molecule has 1 saturated heterocycles. The van der Waals surface area contributed by atoms with Gasteiger partial charge in [-0.2, -0.15) is 0 Å². The lowest BCUT2D eigenvalue weighted by Crippen LogP contribution is -2.25. The van der Waals surface area contributed by atoms with Crippen molar-refractivity contribution in [2.45, 2.75) is 6.42 Å². The highest BCUT2D eigenvalue weighted by Crippen LogP contribution is 2.28. The van der Waals surface area contributed by atoms with Crippen LogP contribution in [-0.4, -0.2) is 29.6 Å². The standard InChI is InChI=1S/C12H12ClNO4/c13-7-18-10-3-1-2-9(5-10)14-6-8(12(16)17)4-11(14)15/h1-3,5,8H,4,6-7H2,(H,16,17). The van der Waals surface area contributed by atoms with Crippen molar-refractivity contribution in [2.24, 2.45) is 5.92 Å². The molecule has 1 unspecified atom stereocenters. The number of nitrogens with zero attached hydrogens (tertiary/aromatic N) is 1. The van der Waals surface area contributed by atoms with Gasteiger partial charge in [-0.25, -0.2) is 0 Å². The minimum Gasteiger partial charge on any atom is -0.481 e. The van der Waals surface area contributed by atoms with Gasteiger partial charge in [-0.3, -0.25) is 9.59 Å². The number of carboxylic acid groups (broad SMARTS) is 1. The normalized spacial score (nSPS) is 19.1. The Morgan fingerprint density at radius 1 is 1.56 bits per heavy atom. The fraction of sp³-hybridized carbons (Fsp3) is 0.333. The van der Waals surface area contributed by atoms with Gasteiger partial charge in [-0.1, -0.05) is 17.7 Å². The zero-order chi connectivity index (χ0) is 13.1. The second-order valence-corrected chi connectivity index (χ2v) is 4.21. The number of carbonyl (C=O) groups excluding carboxylic acids is 1. The Morgan fingerprint density at radius 2 is 2.33 bits per heavy atom. The van der Waals surface area contributed by atoms with E-state index in [4.69, 9.17) is 21.4 Å². The number of aliphatic carboxylic acids is 1. The van der Waals surface area contributed by atoms with E-state index in [1.807, 2.05) is 0 Å². The number of carbonyl (C=O) groups is 2. The Kier molecular flexibility index (Phi) is 3.72. The maximum atomic E-state index is 11.8. The van der Waals surface area contributed by atoms with Crippen LogP contribution in [0.25, 0.3) is 0 Å². The summed E-state index contributed by atoms with van der Waals surface area (Å²) in [5.41, 5.74) is 0.631. The number of rotatable bonds is 4. The van der Waals surface area contributed by atoms with Crippen molar-refractivity contribution in [3.05, 3.63) is 24.3 Å². The molecule has 1 N–H and O–H groups in total. The van der Waals surface area contributed by atoms with Crippen LogP contribution in [0.3, 0.4) is 0 Å². The van der Waals surface area contributed by atoms with E-state index in [0.29, 0.717) is 11.4 Å². The van der Waals surface area contributed by atoms with Crippen LogP contribution in [0, 0.1) is 5.92 Å². The maximum absolute atomic E-state index is 11.8. The first-order chi connectivity index (χ1) is 8.61. The molecule has 1 aliphatic rings. The van der Waals surface area contributed by atoms with Gasteiger partial charge in [0.1, 0.15) is 5.75 Å². The van der Waals surface area contributed by atoms with Crippen LogP contribution in [-0.2, 0) is 9.59 Å². The highest BCUT2D eigenvalue weighted by molar-refractivity contribution is 6.17. The molecule has 96 valence electrons. The Balaban J connectivity index is 2.19. The number of anilines is 1. The largest absolute Gasteiger partial charge is 0.481 e. The van der Waals surface area contributed by atoms with Crippen LogP contribution in [0.2, 0.25) is 0 Å². The van der Waals surface area contributed by atoms with E-state index in [9.17, 15) is 9.59 Å². The van der Waals surface area contributed by atoms with Crippen molar-refractivity contribution in [2.75, 3.05) is 17.5 Å². The summed E-state index contributed by atoms with van der Waals surface area (Å²) in [6.07, 6.45) is 0.0376. The summed E-state index contributed by atoms with van der Waals surface area (Å²) in [4.78, 5) is 24.1. The number of carboxylic acids is 1. The topological polar surface area (TPSA) is 66.8 Å². The van der Waals surface area contributed by atoms with Crippen LogP contribution in [0.5, 0.6) is 5.75 Å². The smallest absolute Gasteiger partial charge is 0.308 e. The van der Waals surface area contributed by atoms with Gasteiger partial charge in [0.25, 0.3) is 0 Å². The number of halogens is 1. The average molecular weight is 270 g/mol. The van der Waals surface area contributed by atoms with Crippen molar-refractivity contribution < 1.29 is 19.4 Å². The predicted molar refractivity (Wildman–Crippen MR) is 65.9 cm³/mol. The number of hydrogen-bond acceptors (Lipinski definition) is 3. The second kappa shape index (κ2) is 5.27. The van der Waals surface area contributed by atoms with Gasteiger partial charge < -0.3 is 14.7 Å². The van der Waals surface area contributed by atoms with E-state index in [0.717, 1.165) is 0 Å². The molecule has 1 atom stereocenters. The lowest BCUT2D eigenvalue weighted by Gasteiger charge is -2.16. The molecule has 1 aromatic rings. The predicted octanol–water partition coefficient (Wildman–Crippen LogP) is 1.70. The fourth-order valence-corrected chi connectivity index (χ4v) is 2.05. The maximum Gasteiger partial charge on any atom is 0.308 e. The third kappa shape index (κ3) is 2.56. The van der Waals surface area contributed by atoms with Crippen LogP contribution in [0.1, 0.15) is 6.42 Å². The molecule has 6 heteroatoms. The molecule has 5 nitrogen and oxygen atoms in total. The van der Waals surface area contributed by atoms with Gasteiger partial charge in [0.2, 0.25) is 5.91 Å². The van der Waals surface area contributed by atoms with Gasteiger partial charge in [-0.05, 0) is 12.1 Å². The lowest BCUT2D eigenvalue weighted by atomic mass is 10.1. The molecule has 1 fully saturated rings. The zero-order valence-corrected chi connectivity index (χ0v) is 10.3. The van der Waals surface area contributed by atoms with Gasteiger partial charge in [0.15, 0.2) is 6.07 Å². The third-order valence-corrected chi connectivity index (χ3v) is 2.93. The van der Waals surface area contributed by atoms with Crippen LogP contribution >= 0.6 is 11.6 Å². The van der Waals surface area contributed by atoms with E-state index >= 15 is 0 Å². The summed E-state index contributed by atoms with van der Waals surface area (Å²) >= 11 is 5.46. The SMILES string of the molecule is O=C(O)C1CC(=O)N(c2cccc(OCCl)c2)C1. The molecular weight excluding hydrogens is 258 g/mol. The van der Waals surface area contributed by atoms with E-state index < -0.39 is 11.9 Å². The number of benzene rings is 1. The summed E-state index contributed by atoms with van der Waals surface area (Å²) < 4.78 is 5.13. The minimum absolute atomic E-state index is 0.0230. The minimum atomic E-state index is -0.945. The Bertz CT molecular complexity index is 477. The first-order valence-electron chi connectivity index (χ1n) is 5.44. The molecule has 0 aliphatic carbocycles. The first-order valence-corrected chi connectivity index (χ1v) is 5.97. The zero-order valence-electron chi connectivity index (χ0n) is 9.51. The quantitative estimate of drug-likeness (QED) is 0.845. The van der Waals surface area contributed by atoms with Crippen molar-refractivity contribution in [3.63, 3.8) is 0 Å². The number of alkyl halides is 1.